The number of nitrogens with one attached hydrogen (secondary N) is 1. The van der Waals surface area contributed by atoms with Gasteiger partial charge in [-0.25, -0.2) is 19.0 Å². The molecule has 0 radical (unpaired) electrons. The summed E-state index contributed by atoms with van der Waals surface area (Å²) in [6.07, 6.45) is -4.49. The van der Waals surface area contributed by atoms with Crippen LogP contribution in [0.2, 0.25) is 0 Å². The highest BCUT2D eigenvalue weighted by Gasteiger charge is 2.38. The first-order valence-electron chi connectivity index (χ1n) is 15.5. The SMILES string of the molecule is COC(C)(C)CCNC(=O)c1cc2c(-c3cc(F)c4c(c3C)CCCO4)c([C@H](OC(C)(C)C)C(=O)O)c(C)nc2n1C.O=C(O)C(F)(F)F. The Kier molecular flexibility index (Phi) is 11.8. The molecule has 3 N–H and O–H groups in total. The molecule has 11 nitrogen and oxygen atoms in total. The van der Waals surface area contributed by atoms with E-state index in [2.05, 4.69) is 5.32 Å². The molecule has 0 unspecified atom stereocenters. The fourth-order valence-electron chi connectivity index (χ4n) is 5.46. The molecule has 0 saturated heterocycles. The topological polar surface area (TPSA) is 149 Å². The number of carbonyl (C=O) groups excluding carboxylic acids is 1. The van der Waals surface area contributed by atoms with Gasteiger partial charge in [0.2, 0.25) is 0 Å². The zero-order chi connectivity index (χ0) is 37.2. The van der Waals surface area contributed by atoms with Crippen molar-refractivity contribution in [3.05, 3.63) is 46.0 Å². The van der Waals surface area contributed by atoms with Gasteiger partial charge in [-0.2, -0.15) is 13.2 Å². The molecule has 0 bridgehead atoms. The monoisotopic (exact) mass is 697 g/mol. The number of ether oxygens (including phenoxy) is 3. The third-order valence-corrected chi connectivity index (χ3v) is 8.11. The zero-order valence-corrected chi connectivity index (χ0v) is 29.0. The lowest BCUT2D eigenvalue weighted by molar-refractivity contribution is -0.192. The second-order valence-corrected chi connectivity index (χ2v) is 13.3. The van der Waals surface area contributed by atoms with Crippen LogP contribution in [-0.4, -0.2) is 75.2 Å². The second kappa shape index (κ2) is 14.7. The van der Waals surface area contributed by atoms with Crippen LogP contribution in [0.15, 0.2) is 12.1 Å². The highest BCUT2D eigenvalue weighted by molar-refractivity contribution is 6.04. The van der Waals surface area contributed by atoms with E-state index in [-0.39, 0.29) is 11.7 Å². The van der Waals surface area contributed by atoms with Crippen LogP contribution in [0.1, 0.15) is 86.4 Å². The number of rotatable bonds is 9. The Morgan fingerprint density at radius 1 is 1.10 bits per heavy atom. The number of halogens is 4. The van der Waals surface area contributed by atoms with Crippen molar-refractivity contribution in [2.75, 3.05) is 20.3 Å². The van der Waals surface area contributed by atoms with Gasteiger partial charge in [-0.3, -0.25) is 4.79 Å². The van der Waals surface area contributed by atoms with E-state index >= 15 is 4.39 Å². The summed E-state index contributed by atoms with van der Waals surface area (Å²) in [6, 6.07) is 3.09. The lowest BCUT2D eigenvalue weighted by Gasteiger charge is -2.29. The zero-order valence-electron chi connectivity index (χ0n) is 29.0. The third-order valence-electron chi connectivity index (χ3n) is 8.11. The van der Waals surface area contributed by atoms with Crippen LogP contribution in [0.5, 0.6) is 5.75 Å². The first-order valence-corrected chi connectivity index (χ1v) is 15.5. The lowest BCUT2D eigenvalue weighted by atomic mass is 9.86. The van der Waals surface area contributed by atoms with Gasteiger partial charge in [0, 0.05) is 48.5 Å². The maximum absolute atomic E-state index is 15.6. The number of fused-ring (bicyclic) bond motifs is 2. The van der Waals surface area contributed by atoms with Gasteiger partial charge in [-0.1, -0.05) is 0 Å². The maximum atomic E-state index is 15.6. The van der Waals surface area contributed by atoms with Gasteiger partial charge in [0.25, 0.3) is 5.91 Å². The van der Waals surface area contributed by atoms with Gasteiger partial charge in [-0.05, 0) is 91.0 Å². The van der Waals surface area contributed by atoms with Crippen LogP contribution in [0.3, 0.4) is 0 Å². The van der Waals surface area contributed by atoms with E-state index in [9.17, 15) is 27.9 Å². The van der Waals surface area contributed by atoms with Crippen LogP contribution in [0.25, 0.3) is 22.2 Å². The molecule has 1 aliphatic heterocycles. The van der Waals surface area contributed by atoms with Crippen LogP contribution in [0.4, 0.5) is 17.6 Å². The normalized spacial score (nSPS) is 14.0. The van der Waals surface area contributed by atoms with Gasteiger partial charge < -0.3 is 34.3 Å². The Morgan fingerprint density at radius 2 is 1.71 bits per heavy atom. The van der Waals surface area contributed by atoms with Gasteiger partial charge >= 0.3 is 18.1 Å². The van der Waals surface area contributed by atoms with E-state index in [1.54, 1.807) is 52.5 Å². The maximum Gasteiger partial charge on any atom is 0.490 e. The van der Waals surface area contributed by atoms with Crippen molar-refractivity contribution in [3.8, 4) is 16.9 Å². The number of aromatic nitrogens is 2. The summed E-state index contributed by atoms with van der Waals surface area (Å²) < 4.78 is 66.2. The molecule has 0 saturated carbocycles. The fourth-order valence-corrected chi connectivity index (χ4v) is 5.46. The predicted octanol–water partition coefficient (Wildman–Crippen LogP) is 6.44. The summed E-state index contributed by atoms with van der Waals surface area (Å²) in [5.41, 5.74) is 2.89. The molecule has 1 aromatic carbocycles. The summed E-state index contributed by atoms with van der Waals surface area (Å²) in [5, 5.41) is 21.0. The largest absolute Gasteiger partial charge is 0.490 e. The van der Waals surface area contributed by atoms with E-state index in [1.165, 1.54) is 6.07 Å². The molecule has 270 valence electrons. The van der Waals surface area contributed by atoms with Crippen molar-refractivity contribution in [1.82, 2.24) is 14.9 Å². The van der Waals surface area contributed by atoms with Gasteiger partial charge in [0.05, 0.1) is 17.8 Å². The number of aliphatic carboxylic acids is 2. The molecule has 1 atom stereocenters. The Bertz CT molecular complexity index is 1740. The molecule has 0 aliphatic carbocycles. The van der Waals surface area contributed by atoms with Crippen molar-refractivity contribution >= 4 is 28.9 Å². The minimum atomic E-state index is -5.08. The number of pyridine rings is 1. The Morgan fingerprint density at radius 3 is 2.24 bits per heavy atom. The molecular weight excluding hydrogens is 654 g/mol. The average molecular weight is 698 g/mol. The number of nitrogens with zero attached hydrogens (tertiary/aromatic N) is 2. The van der Waals surface area contributed by atoms with E-state index in [0.717, 1.165) is 17.5 Å². The Labute approximate surface area is 281 Å². The molecule has 0 fully saturated rings. The number of hydrogen-bond acceptors (Lipinski definition) is 7. The molecule has 49 heavy (non-hydrogen) atoms. The summed E-state index contributed by atoms with van der Waals surface area (Å²) >= 11 is 0. The van der Waals surface area contributed by atoms with Crippen molar-refractivity contribution in [2.45, 2.75) is 91.2 Å². The molecule has 3 aromatic rings. The number of hydrogen-bond donors (Lipinski definition) is 3. The van der Waals surface area contributed by atoms with Crippen molar-refractivity contribution in [1.29, 1.82) is 0 Å². The molecular formula is C34H43F4N3O8. The number of aryl methyl sites for hydroxylation is 2. The number of amides is 1. The molecule has 0 spiro atoms. The Balaban J connectivity index is 0.000000838. The summed E-state index contributed by atoms with van der Waals surface area (Å²) in [5.74, 6) is -4.54. The summed E-state index contributed by atoms with van der Waals surface area (Å²) in [4.78, 5) is 39.8. The minimum Gasteiger partial charge on any atom is -0.490 e. The summed E-state index contributed by atoms with van der Waals surface area (Å²) in [7, 11) is 3.37. The minimum absolute atomic E-state index is 0.235. The molecule has 1 aliphatic rings. The quantitative estimate of drug-likeness (QED) is 0.215. The van der Waals surface area contributed by atoms with Crippen LogP contribution >= 0.6 is 0 Å². The number of alkyl halides is 3. The van der Waals surface area contributed by atoms with E-state index in [0.29, 0.717) is 65.1 Å². The predicted molar refractivity (Wildman–Crippen MR) is 172 cm³/mol. The van der Waals surface area contributed by atoms with E-state index in [1.807, 2.05) is 20.8 Å². The fraction of sp³-hybridized carbons (Fsp3) is 0.529. The molecule has 3 heterocycles. The number of carbonyl (C=O) groups is 3. The first kappa shape index (κ1) is 39.2. The first-order chi connectivity index (χ1) is 22.5. The third kappa shape index (κ3) is 9.06. The second-order valence-electron chi connectivity index (χ2n) is 13.3. The number of carboxylic acids is 2. The molecule has 2 aromatic heterocycles. The lowest BCUT2D eigenvalue weighted by Crippen LogP contribution is -2.32. The highest BCUT2D eigenvalue weighted by Crippen LogP contribution is 2.44. The smallest absolute Gasteiger partial charge is 0.490 e. The molecule has 1 amide bonds. The van der Waals surface area contributed by atoms with E-state index in [4.69, 9.17) is 29.1 Å². The van der Waals surface area contributed by atoms with Gasteiger partial charge in [-0.15, -0.1) is 0 Å². The number of methoxy groups -OCH3 is 1. The van der Waals surface area contributed by atoms with Gasteiger partial charge in [0.1, 0.15) is 11.3 Å². The molecule has 15 heteroatoms. The number of benzene rings is 1. The van der Waals surface area contributed by atoms with Crippen LogP contribution in [-0.2, 0) is 32.5 Å². The summed E-state index contributed by atoms with van der Waals surface area (Å²) in [6.45, 7) is 13.7. The van der Waals surface area contributed by atoms with E-state index < -0.39 is 41.2 Å². The van der Waals surface area contributed by atoms with Gasteiger partial charge in [0.15, 0.2) is 17.7 Å². The van der Waals surface area contributed by atoms with Crippen LogP contribution in [0, 0.1) is 19.7 Å². The van der Waals surface area contributed by atoms with Crippen molar-refractivity contribution < 1.29 is 56.4 Å². The van der Waals surface area contributed by atoms with Crippen LogP contribution < -0.4 is 10.1 Å². The average Bonchev–Trinajstić information content (AvgIpc) is 3.32. The van der Waals surface area contributed by atoms with Crippen molar-refractivity contribution in [2.24, 2.45) is 7.05 Å². The Hall–Kier alpha value is -4.24. The molecule has 4 rings (SSSR count). The standard InChI is InChI=1S/C32H42FN3O6.C2HF3O2/c1-17-19-11-10-14-41-26(19)22(33)15-20(17)25-21-16-23(29(37)34-13-12-32(6,7)40-9)36(8)28(21)35-18(2)24(25)27(30(38)39)42-31(3,4)5;3-2(4,5)1(6)7/h15-16,27H,10-14H2,1-9H3,(H,34,37)(H,38,39);(H,6,7)/t27-;/m0./s1. The van der Waals surface area contributed by atoms with Crippen molar-refractivity contribution in [3.63, 3.8) is 0 Å². The highest BCUT2D eigenvalue weighted by atomic mass is 19.4. The number of carboxylic acid groups (broad SMARTS) is 2.